The molecule has 1 aliphatic rings. The van der Waals surface area contributed by atoms with Crippen LogP contribution in [0.15, 0.2) is 5.10 Å². The molecule has 0 aromatic carbocycles. The number of ether oxygens (including phenoxy) is 1. The Morgan fingerprint density at radius 1 is 1.50 bits per heavy atom. The van der Waals surface area contributed by atoms with Crippen molar-refractivity contribution in [1.29, 1.82) is 0 Å². The molecule has 4 heteroatoms. The Kier molecular flexibility index (Phi) is 3.49. The molecule has 0 saturated heterocycles. The maximum absolute atomic E-state index is 11.1. The minimum absolute atomic E-state index is 0.462. The van der Waals surface area contributed by atoms with Crippen LogP contribution in [0.4, 0.5) is 4.79 Å². The van der Waals surface area contributed by atoms with Gasteiger partial charge in [0, 0.05) is 6.21 Å². The largest absolute Gasteiger partial charge is 0.443 e. The van der Waals surface area contributed by atoms with Gasteiger partial charge in [0.2, 0.25) is 0 Å². The molecule has 14 heavy (non-hydrogen) atoms. The number of hydrazone groups is 1. The molecule has 0 bridgehead atoms. The third-order valence-electron chi connectivity index (χ3n) is 1.99. The molecule has 4 nitrogen and oxygen atoms in total. The summed E-state index contributed by atoms with van der Waals surface area (Å²) in [7, 11) is 0. The Morgan fingerprint density at radius 2 is 2.14 bits per heavy atom. The summed E-state index contributed by atoms with van der Waals surface area (Å²) in [5, 5.41) is 3.83. The van der Waals surface area contributed by atoms with Gasteiger partial charge < -0.3 is 4.74 Å². The Morgan fingerprint density at radius 3 is 2.57 bits per heavy atom. The SMILES string of the molecule is CC(C)(C)OC(=O)N/N=C\C1CCC1. The summed E-state index contributed by atoms with van der Waals surface area (Å²) < 4.78 is 5.01. The van der Waals surface area contributed by atoms with Crippen molar-refractivity contribution in [3.63, 3.8) is 0 Å². The van der Waals surface area contributed by atoms with Gasteiger partial charge in [-0.05, 0) is 39.5 Å². The van der Waals surface area contributed by atoms with Crippen LogP contribution in [0.1, 0.15) is 40.0 Å². The fourth-order valence-corrected chi connectivity index (χ4v) is 1.09. The van der Waals surface area contributed by atoms with E-state index >= 15 is 0 Å². The summed E-state index contributed by atoms with van der Waals surface area (Å²) in [6.45, 7) is 5.46. The van der Waals surface area contributed by atoms with E-state index in [1.807, 2.05) is 20.8 Å². The van der Waals surface area contributed by atoms with Crippen LogP contribution in [0.3, 0.4) is 0 Å². The van der Waals surface area contributed by atoms with Crippen molar-refractivity contribution < 1.29 is 9.53 Å². The van der Waals surface area contributed by atoms with Crippen molar-refractivity contribution in [3.8, 4) is 0 Å². The summed E-state index contributed by atoms with van der Waals surface area (Å²) in [6, 6.07) is 0. The van der Waals surface area contributed by atoms with Crippen LogP contribution in [-0.4, -0.2) is 17.9 Å². The topological polar surface area (TPSA) is 50.7 Å². The number of rotatable bonds is 2. The van der Waals surface area contributed by atoms with E-state index in [0.717, 1.165) is 0 Å². The fraction of sp³-hybridized carbons (Fsp3) is 0.800. The molecule has 0 aliphatic heterocycles. The molecule has 1 amide bonds. The van der Waals surface area contributed by atoms with E-state index in [-0.39, 0.29) is 0 Å². The van der Waals surface area contributed by atoms with Gasteiger partial charge in [0.05, 0.1) is 0 Å². The lowest BCUT2D eigenvalue weighted by Gasteiger charge is -2.21. The monoisotopic (exact) mass is 198 g/mol. The quantitative estimate of drug-likeness (QED) is 0.546. The maximum atomic E-state index is 11.1. The number of hydrogen-bond acceptors (Lipinski definition) is 3. The van der Waals surface area contributed by atoms with Crippen molar-refractivity contribution in [2.45, 2.75) is 45.6 Å². The molecular formula is C10H18N2O2. The summed E-state index contributed by atoms with van der Waals surface area (Å²) in [4.78, 5) is 11.1. The Labute approximate surface area is 84.7 Å². The Hall–Kier alpha value is -1.06. The molecule has 1 rings (SSSR count). The molecule has 0 atom stereocenters. The highest BCUT2D eigenvalue weighted by atomic mass is 16.6. The summed E-state index contributed by atoms with van der Waals surface area (Å²) in [6.07, 6.45) is 4.92. The lowest BCUT2D eigenvalue weighted by atomic mass is 9.87. The van der Waals surface area contributed by atoms with Gasteiger partial charge in [-0.15, -0.1) is 0 Å². The zero-order valence-electron chi connectivity index (χ0n) is 9.04. The number of nitrogens with zero attached hydrogens (tertiary/aromatic N) is 1. The maximum Gasteiger partial charge on any atom is 0.428 e. The van der Waals surface area contributed by atoms with E-state index in [1.54, 1.807) is 6.21 Å². The first-order chi connectivity index (χ1) is 6.47. The standard InChI is InChI=1S/C10H18N2O2/c1-10(2,3)14-9(13)12-11-7-8-5-4-6-8/h7-8H,4-6H2,1-3H3,(H,12,13)/b11-7-. The number of nitrogens with one attached hydrogen (secondary N) is 1. The minimum Gasteiger partial charge on any atom is -0.443 e. The van der Waals surface area contributed by atoms with Crippen molar-refractivity contribution >= 4 is 12.3 Å². The first-order valence-corrected chi connectivity index (χ1v) is 4.99. The van der Waals surface area contributed by atoms with Gasteiger partial charge in [-0.1, -0.05) is 6.42 Å². The van der Waals surface area contributed by atoms with Crippen LogP contribution < -0.4 is 5.43 Å². The van der Waals surface area contributed by atoms with Gasteiger partial charge in [-0.3, -0.25) is 0 Å². The normalized spacial score (nSPS) is 17.9. The van der Waals surface area contributed by atoms with Gasteiger partial charge in [0.25, 0.3) is 0 Å². The van der Waals surface area contributed by atoms with Crippen molar-refractivity contribution in [2.75, 3.05) is 0 Å². The average Bonchev–Trinajstić information content (AvgIpc) is 1.90. The van der Waals surface area contributed by atoms with Gasteiger partial charge in [0.1, 0.15) is 5.60 Å². The predicted octanol–water partition coefficient (Wildman–Crippen LogP) is 2.30. The molecule has 1 saturated carbocycles. The molecule has 1 N–H and O–H groups in total. The number of carbonyl (C=O) groups excluding carboxylic acids is 1. The highest BCUT2D eigenvalue weighted by molar-refractivity contribution is 5.70. The molecule has 0 unspecified atom stereocenters. The van der Waals surface area contributed by atoms with Gasteiger partial charge in [-0.2, -0.15) is 5.10 Å². The Balaban J connectivity index is 2.17. The van der Waals surface area contributed by atoms with Crippen LogP contribution in [-0.2, 0) is 4.74 Å². The third kappa shape index (κ3) is 4.25. The molecule has 0 aromatic heterocycles. The number of carbonyl (C=O) groups is 1. The summed E-state index contributed by atoms with van der Waals surface area (Å²) >= 11 is 0. The molecule has 0 spiro atoms. The van der Waals surface area contributed by atoms with E-state index < -0.39 is 11.7 Å². The fourth-order valence-electron chi connectivity index (χ4n) is 1.09. The van der Waals surface area contributed by atoms with Crippen LogP contribution in [0.2, 0.25) is 0 Å². The van der Waals surface area contributed by atoms with Crippen molar-refractivity contribution in [2.24, 2.45) is 11.0 Å². The highest BCUT2D eigenvalue weighted by Gasteiger charge is 2.16. The predicted molar refractivity (Wildman–Crippen MR) is 55.2 cm³/mol. The first-order valence-electron chi connectivity index (χ1n) is 4.99. The zero-order chi connectivity index (χ0) is 10.6. The van der Waals surface area contributed by atoms with E-state index in [2.05, 4.69) is 10.5 Å². The molecule has 1 fully saturated rings. The first kappa shape index (κ1) is 11.0. The number of hydrogen-bond donors (Lipinski definition) is 1. The second kappa shape index (κ2) is 4.44. The molecule has 0 heterocycles. The van der Waals surface area contributed by atoms with Crippen LogP contribution in [0.5, 0.6) is 0 Å². The molecule has 1 aliphatic carbocycles. The van der Waals surface area contributed by atoms with E-state index in [1.165, 1.54) is 19.3 Å². The van der Waals surface area contributed by atoms with Gasteiger partial charge >= 0.3 is 6.09 Å². The van der Waals surface area contributed by atoms with Crippen molar-refractivity contribution in [1.82, 2.24) is 5.43 Å². The molecule has 0 aromatic rings. The smallest absolute Gasteiger partial charge is 0.428 e. The second-order valence-electron chi connectivity index (χ2n) is 4.58. The zero-order valence-corrected chi connectivity index (χ0v) is 9.04. The van der Waals surface area contributed by atoms with Crippen molar-refractivity contribution in [3.05, 3.63) is 0 Å². The lowest BCUT2D eigenvalue weighted by molar-refractivity contribution is 0.0529. The highest BCUT2D eigenvalue weighted by Crippen LogP contribution is 2.23. The second-order valence-corrected chi connectivity index (χ2v) is 4.58. The van der Waals surface area contributed by atoms with Crippen LogP contribution in [0.25, 0.3) is 0 Å². The third-order valence-corrected chi connectivity index (χ3v) is 1.99. The number of amides is 1. The molecule has 0 radical (unpaired) electrons. The average molecular weight is 198 g/mol. The summed E-state index contributed by atoms with van der Waals surface area (Å²) in [5.41, 5.74) is 1.88. The van der Waals surface area contributed by atoms with Gasteiger partial charge in [0.15, 0.2) is 0 Å². The van der Waals surface area contributed by atoms with Crippen LogP contribution in [0, 0.1) is 5.92 Å². The minimum atomic E-state index is -0.493. The van der Waals surface area contributed by atoms with E-state index in [0.29, 0.717) is 5.92 Å². The van der Waals surface area contributed by atoms with Gasteiger partial charge in [-0.25, -0.2) is 10.2 Å². The molecule has 80 valence electrons. The van der Waals surface area contributed by atoms with E-state index in [4.69, 9.17) is 4.74 Å². The van der Waals surface area contributed by atoms with Crippen LogP contribution >= 0.6 is 0 Å². The van der Waals surface area contributed by atoms with E-state index in [9.17, 15) is 4.79 Å². The Bertz CT molecular complexity index is 227. The summed E-state index contributed by atoms with van der Waals surface area (Å²) in [5.74, 6) is 0.546. The lowest BCUT2D eigenvalue weighted by Crippen LogP contribution is -2.30. The molecular weight excluding hydrogens is 180 g/mol.